The minimum absolute atomic E-state index is 0.185. The van der Waals surface area contributed by atoms with Gasteiger partial charge >= 0.3 is 0 Å². The Labute approximate surface area is 86.4 Å². The molecule has 2 rings (SSSR count). The Morgan fingerprint density at radius 3 is 2.50 bits per heavy atom. The second-order valence-electron chi connectivity index (χ2n) is 4.75. The van der Waals surface area contributed by atoms with Gasteiger partial charge in [-0.2, -0.15) is 0 Å². The first kappa shape index (κ1) is 10.4. The second kappa shape index (κ2) is 3.49. The van der Waals surface area contributed by atoms with Crippen LogP contribution in [0.25, 0.3) is 0 Å². The number of nitrogens with zero attached hydrogens (tertiary/aromatic N) is 1. The van der Waals surface area contributed by atoms with E-state index >= 15 is 0 Å². The van der Waals surface area contributed by atoms with Crippen molar-refractivity contribution in [1.82, 2.24) is 4.90 Å². The van der Waals surface area contributed by atoms with Crippen molar-refractivity contribution < 1.29 is 8.42 Å². The van der Waals surface area contributed by atoms with E-state index in [9.17, 15) is 8.42 Å². The van der Waals surface area contributed by atoms with Gasteiger partial charge in [0.1, 0.15) is 0 Å². The Balaban J connectivity index is 2.02. The van der Waals surface area contributed by atoms with E-state index in [1.807, 2.05) is 13.8 Å². The van der Waals surface area contributed by atoms with Crippen LogP contribution in [0.15, 0.2) is 0 Å². The molecule has 1 aliphatic heterocycles. The molecule has 2 atom stereocenters. The molecule has 0 radical (unpaired) electrons. The van der Waals surface area contributed by atoms with E-state index in [0.717, 1.165) is 19.0 Å². The second-order valence-corrected chi connectivity index (χ2v) is 7.23. The molecule has 82 valence electrons. The fourth-order valence-corrected chi connectivity index (χ4v) is 3.75. The Morgan fingerprint density at radius 1 is 1.29 bits per heavy atom. The van der Waals surface area contributed by atoms with Crippen molar-refractivity contribution in [2.75, 3.05) is 18.8 Å². The van der Waals surface area contributed by atoms with Crippen LogP contribution in [-0.4, -0.2) is 43.5 Å². The summed E-state index contributed by atoms with van der Waals surface area (Å²) in [4.78, 5) is 2.35. The van der Waals surface area contributed by atoms with E-state index in [4.69, 9.17) is 0 Å². The van der Waals surface area contributed by atoms with Gasteiger partial charge in [0.25, 0.3) is 0 Å². The molecule has 1 aliphatic carbocycles. The van der Waals surface area contributed by atoms with Crippen LogP contribution in [0.2, 0.25) is 0 Å². The van der Waals surface area contributed by atoms with Crippen molar-refractivity contribution in [3.8, 4) is 0 Å². The molecule has 0 N–H and O–H groups in total. The summed E-state index contributed by atoms with van der Waals surface area (Å²) in [5.74, 6) is 1.20. The van der Waals surface area contributed by atoms with Gasteiger partial charge in [0, 0.05) is 19.1 Å². The molecule has 0 aromatic heterocycles. The van der Waals surface area contributed by atoms with Crippen LogP contribution < -0.4 is 0 Å². The van der Waals surface area contributed by atoms with E-state index in [0.29, 0.717) is 5.75 Å². The first-order valence-corrected chi connectivity index (χ1v) is 7.18. The highest BCUT2D eigenvalue weighted by molar-refractivity contribution is 7.92. The molecule has 0 aromatic carbocycles. The molecule has 2 unspecified atom stereocenters. The monoisotopic (exact) mass is 217 g/mol. The van der Waals surface area contributed by atoms with Crippen LogP contribution in [0.4, 0.5) is 0 Å². The molecule has 1 heterocycles. The molecule has 0 bridgehead atoms. The lowest BCUT2D eigenvalue weighted by Gasteiger charge is -2.37. The maximum absolute atomic E-state index is 11.6. The van der Waals surface area contributed by atoms with Crippen LogP contribution in [0.3, 0.4) is 0 Å². The molecule has 1 saturated heterocycles. The van der Waals surface area contributed by atoms with Gasteiger partial charge in [-0.25, -0.2) is 8.42 Å². The zero-order valence-electron chi connectivity index (χ0n) is 8.94. The fraction of sp³-hybridized carbons (Fsp3) is 1.00. The lowest BCUT2D eigenvalue weighted by atomic mass is 10.2. The smallest absolute Gasteiger partial charge is 0.155 e. The van der Waals surface area contributed by atoms with E-state index in [2.05, 4.69) is 4.90 Å². The van der Waals surface area contributed by atoms with Crippen LogP contribution in [0, 0.1) is 5.92 Å². The summed E-state index contributed by atoms with van der Waals surface area (Å²) in [6.45, 7) is 5.74. The predicted octanol–water partition coefficient (Wildman–Crippen LogP) is 0.904. The van der Waals surface area contributed by atoms with Crippen LogP contribution >= 0.6 is 0 Å². The molecule has 0 aromatic rings. The Bertz CT molecular complexity index is 308. The van der Waals surface area contributed by atoms with Crippen molar-refractivity contribution in [2.24, 2.45) is 5.92 Å². The minimum Gasteiger partial charge on any atom is -0.298 e. The molecule has 1 saturated carbocycles. The van der Waals surface area contributed by atoms with E-state index in [-0.39, 0.29) is 11.3 Å². The average molecular weight is 217 g/mol. The van der Waals surface area contributed by atoms with Gasteiger partial charge in [-0.05, 0) is 32.6 Å². The normalized spacial score (nSPS) is 38.4. The first-order valence-electron chi connectivity index (χ1n) is 5.46. The zero-order valence-corrected chi connectivity index (χ0v) is 9.76. The maximum atomic E-state index is 11.6. The van der Waals surface area contributed by atoms with Gasteiger partial charge in [-0.15, -0.1) is 0 Å². The van der Waals surface area contributed by atoms with Gasteiger partial charge in [-0.3, -0.25) is 4.90 Å². The molecule has 14 heavy (non-hydrogen) atoms. The molecule has 4 heteroatoms. The van der Waals surface area contributed by atoms with Crippen molar-refractivity contribution in [1.29, 1.82) is 0 Å². The van der Waals surface area contributed by atoms with Crippen molar-refractivity contribution in [3.05, 3.63) is 0 Å². The molecular formula is C10H19NO2S. The number of rotatable bonds is 2. The Kier molecular flexibility index (Phi) is 2.60. The highest BCUT2D eigenvalue weighted by Crippen LogP contribution is 2.32. The van der Waals surface area contributed by atoms with Gasteiger partial charge in [-0.1, -0.05) is 0 Å². The average Bonchev–Trinajstić information content (AvgIpc) is 2.91. The minimum atomic E-state index is -2.80. The standard InChI is InChI=1S/C10H19NO2S/c1-8-9(2)14(12,13)6-5-11(8)7-10-3-4-10/h8-10H,3-7H2,1-2H3. The number of hydrogen-bond donors (Lipinski definition) is 0. The lowest BCUT2D eigenvalue weighted by Crippen LogP contribution is -2.52. The summed E-state index contributed by atoms with van der Waals surface area (Å²) in [6, 6.07) is 0.203. The van der Waals surface area contributed by atoms with E-state index < -0.39 is 9.84 Å². The fourth-order valence-electron chi connectivity index (χ4n) is 2.12. The van der Waals surface area contributed by atoms with Gasteiger partial charge < -0.3 is 0 Å². The first-order chi connectivity index (χ1) is 6.50. The summed E-state index contributed by atoms with van der Waals surface area (Å²) in [5, 5.41) is -0.185. The largest absolute Gasteiger partial charge is 0.298 e. The van der Waals surface area contributed by atoms with Gasteiger partial charge in [0.2, 0.25) is 0 Å². The molecule has 2 aliphatic rings. The van der Waals surface area contributed by atoms with E-state index in [1.165, 1.54) is 12.8 Å². The number of hydrogen-bond acceptors (Lipinski definition) is 3. The Hall–Kier alpha value is -0.0900. The maximum Gasteiger partial charge on any atom is 0.155 e. The molecular weight excluding hydrogens is 198 g/mol. The van der Waals surface area contributed by atoms with Gasteiger partial charge in [0.15, 0.2) is 9.84 Å². The molecule has 0 spiro atoms. The summed E-state index contributed by atoms with van der Waals surface area (Å²) < 4.78 is 23.2. The van der Waals surface area contributed by atoms with Crippen LogP contribution in [0.5, 0.6) is 0 Å². The number of sulfone groups is 1. The van der Waals surface area contributed by atoms with Gasteiger partial charge in [0.05, 0.1) is 11.0 Å². The zero-order chi connectivity index (χ0) is 10.3. The lowest BCUT2D eigenvalue weighted by molar-refractivity contribution is 0.197. The highest BCUT2D eigenvalue weighted by atomic mass is 32.2. The molecule has 2 fully saturated rings. The molecule has 0 amide bonds. The topological polar surface area (TPSA) is 37.4 Å². The molecule has 3 nitrogen and oxygen atoms in total. The van der Waals surface area contributed by atoms with Crippen LogP contribution in [0.1, 0.15) is 26.7 Å². The summed E-state index contributed by atoms with van der Waals surface area (Å²) in [7, 11) is -2.80. The van der Waals surface area contributed by atoms with Crippen molar-refractivity contribution >= 4 is 9.84 Å². The SMILES string of the molecule is CC1C(C)S(=O)(=O)CCN1CC1CC1. The van der Waals surface area contributed by atoms with E-state index in [1.54, 1.807) is 0 Å². The summed E-state index contributed by atoms with van der Waals surface area (Å²) in [6.07, 6.45) is 2.68. The highest BCUT2D eigenvalue weighted by Gasteiger charge is 2.37. The third-order valence-electron chi connectivity index (χ3n) is 3.67. The summed E-state index contributed by atoms with van der Waals surface area (Å²) in [5.41, 5.74) is 0. The van der Waals surface area contributed by atoms with Crippen molar-refractivity contribution in [2.45, 2.75) is 38.0 Å². The predicted molar refractivity (Wildman–Crippen MR) is 57.0 cm³/mol. The van der Waals surface area contributed by atoms with Crippen molar-refractivity contribution in [3.63, 3.8) is 0 Å². The third-order valence-corrected chi connectivity index (χ3v) is 5.95. The Morgan fingerprint density at radius 2 is 1.93 bits per heavy atom. The third kappa shape index (κ3) is 1.96. The quantitative estimate of drug-likeness (QED) is 0.690. The summed E-state index contributed by atoms with van der Waals surface area (Å²) >= 11 is 0. The van der Waals surface area contributed by atoms with Crippen LogP contribution in [-0.2, 0) is 9.84 Å².